The summed E-state index contributed by atoms with van der Waals surface area (Å²) in [7, 11) is 0. The number of allylic oxidation sites excluding steroid dienone is 1. The molecule has 4 rings (SSSR count). The van der Waals surface area contributed by atoms with Gasteiger partial charge in [0.1, 0.15) is 11.5 Å². The number of anilines is 2. The van der Waals surface area contributed by atoms with Gasteiger partial charge in [-0.1, -0.05) is 11.6 Å². The van der Waals surface area contributed by atoms with Crippen molar-refractivity contribution in [3.05, 3.63) is 71.3 Å². The quantitative estimate of drug-likeness (QED) is 0.214. The maximum Gasteiger partial charge on any atom is 0.432 e. The molecule has 4 aromatic rings. The van der Waals surface area contributed by atoms with Gasteiger partial charge in [0.15, 0.2) is 17.3 Å². The molecule has 0 atom stereocenters. The summed E-state index contributed by atoms with van der Waals surface area (Å²) in [5.74, 6) is -2.11. The Balaban J connectivity index is 1.68. The highest BCUT2D eigenvalue weighted by Gasteiger charge is 2.38. The van der Waals surface area contributed by atoms with Crippen molar-refractivity contribution >= 4 is 40.9 Å². The average Bonchev–Trinajstić information content (AvgIpc) is 3.47. The average molecular weight is 494 g/mol. The van der Waals surface area contributed by atoms with Crippen LogP contribution in [-0.4, -0.2) is 47.7 Å². The molecule has 0 aliphatic rings. The van der Waals surface area contributed by atoms with Crippen molar-refractivity contribution in [1.82, 2.24) is 29.4 Å². The zero-order valence-corrected chi connectivity index (χ0v) is 17.4. The van der Waals surface area contributed by atoms with Gasteiger partial charge in [0.25, 0.3) is 5.91 Å². The molecule has 0 aliphatic heterocycles. The molecule has 0 saturated heterocycles. The maximum atomic E-state index is 13.9. The van der Waals surface area contributed by atoms with Gasteiger partial charge in [0.05, 0.1) is 34.9 Å². The fourth-order valence-corrected chi connectivity index (χ4v) is 3.17. The Morgan fingerprint density at radius 2 is 1.85 bits per heavy atom. The van der Waals surface area contributed by atoms with Crippen LogP contribution in [0.1, 0.15) is 0 Å². The summed E-state index contributed by atoms with van der Waals surface area (Å²) < 4.78 is 56.5. The molecule has 1 amide bonds. The SMILES string of the molecule is N=C/C(C(=O)Nc1cnc(-n2nccn2)c(Cl)c1)=C(\Nc1ccc(F)c2nccn12)C(F)(F)F. The first-order valence-corrected chi connectivity index (χ1v) is 9.61. The minimum absolute atomic E-state index is 0.0114. The van der Waals surface area contributed by atoms with E-state index in [9.17, 15) is 22.4 Å². The fourth-order valence-electron chi connectivity index (χ4n) is 2.92. The summed E-state index contributed by atoms with van der Waals surface area (Å²) in [6.07, 6.45) is 1.53. The monoisotopic (exact) mass is 493 g/mol. The van der Waals surface area contributed by atoms with E-state index >= 15 is 0 Å². The van der Waals surface area contributed by atoms with Crippen LogP contribution in [0, 0.1) is 11.2 Å². The van der Waals surface area contributed by atoms with Gasteiger partial charge in [-0.05, 0) is 18.2 Å². The number of nitrogens with zero attached hydrogens (tertiary/aromatic N) is 6. The molecule has 0 saturated carbocycles. The second-order valence-corrected chi connectivity index (χ2v) is 6.95. The lowest BCUT2D eigenvalue weighted by molar-refractivity contribution is -0.114. The summed E-state index contributed by atoms with van der Waals surface area (Å²) in [6, 6.07) is 3.20. The number of halogens is 5. The number of carbonyl (C=O) groups is 1. The first-order chi connectivity index (χ1) is 16.2. The third-order valence-corrected chi connectivity index (χ3v) is 4.66. The lowest BCUT2D eigenvalue weighted by Crippen LogP contribution is -2.28. The van der Waals surface area contributed by atoms with Crippen LogP contribution in [0.3, 0.4) is 0 Å². The van der Waals surface area contributed by atoms with Crippen molar-refractivity contribution < 1.29 is 22.4 Å². The number of carbonyl (C=O) groups excluding carboxylic acids is 1. The van der Waals surface area contributed by atoms with E-state index < -0.39 is 29.2 Å². The predicted molar refractivity (Wildman–Crippen MR) is 113 cm³/mol. The highest BCUT2D eigenvalue weighted by molar-refractivity contribution is 6.32. The number of aromatic nitrogens is 6. The molecule has 0 aromatic carbocycles. The van der Waals surface area contributed by atoms with Crippen LogP contribution in [0.5, 0.6) is 0 Å². The Morgan fingerprint density at radius 3 is 2.50 bits per heavy atom. The molecule has 0 bridgehead atoms. The van der Waals surface area contributed by atoms with E-state index in [0.29, 0.717) is 0 Å². The molecule has 4 aromatic heterocycles. The van der Waals surface area contributed by atoms with Crippen LogP contribution >= 0.6 is 11.6 Å². The van der Waals surface area contributed by atoms with Gasteiger partial charge in [-0.3, -0.25) is 9.20 Å². The van der Waals surface area contributed by atoms with Gasteiger partial charge < -0.3 is 16.0 Å². The van der Waals surface area contributed by atoms with E-state index in [-0.39, 0.29) is 34.2 Å². The number of rotatable bonds is 6. The van der Waals surface area contributed by atoms with Crippen LogP contribution in [0.4, 0.5) is 29.1 Å². The third-order valence-electron chi connectivity index (χ3n) is 4.38. The number of hydrogen-bond acceptors (Lipinski definition) is 7. The van der Waals surface area contributed by atoms with Crippen molar-refractivity contribution in [2.24, 2.45) is 0 Å². The number of fused-ring (bicyclic) bond motifs is 1. The molecule has 34 heavy (non-hydrogen) atoms. The Kier molecular flexibility index (Phi) is 5.98. The molecule has 15 heteroatoms. The summed E-state index contributed by atoms with van der Waals surface area (Å²) in [5, 5.41) is 19.5. The maximum absolute atomic E-state index is 13.9. The summed E-state index contributed by atoms with van der Waals surface area (Å²) in [5.41, 5.74) is -2.84. The zero-order chi connectivity index (χ0) is 24.5. The molecular formula is C19H12ClF4N9O. The van der Waals surface area contributed by atoms with E-state index in [2.05, 4.69) is 30.8 Å². The van der Waals surface area contributed by atoms with E-state index in [1.165, 1.54) is 30.9 Å². The number of nitrogens with one attached hydrogen (secondary N) is 3. The lowest BCUT2D eigenvalue weighted by atomic mass is 10.2. The molecule has 174 valence electrons. The Morgan fingerprint density at radius 1 is 1.12 bits per heavy atom. The molecule has 0 fully saturated rings. The second-order valence-electron chi connectivity index (χ2n) is 6.55. The van der Waals surface area contributed by atoms with E-state index in [1.54, 1.807) is 0 Å². The van der Waals surface area contributed by atoms with E-state index in [4.69, 9.17) is 17.0 Å². The van der Waals surface area contributed by atoms with Gasteiger partial charge in [0.2, 0.25) is 0 Å². The van der Waals surface area contributed by atoms with Crippen LogP contribution in [-0.2, 0) is 4.79 Å². The normalized spacial score (nSPS) is 12.4. The van der Waals surface area contributed by atoms with Crippen molar-refractivity contribution in [3.8, 4) is 5.82 Å². The van der Waals surface area contributed by atoms with Crippen LogP contribution in [0.2, 0.25) is 5.02 Å². The molecule has 10 nitrogen and oxygen atoms in total. The molecule has 0 aliphatic carbocycles. The van der Waals surface area contributed by atoms with Crippen LogP contribution < -0.4 is 10.6 Å². The molecule has 0 radical (unpaired) electrons. The van der Waals surface area contributed by atoms with Gasteiger partial charge in [0, 0.05) is 18.6 Å². The number of alkyl halides is 3. The summed E-state index contributed by atoms with van der Waals surface area (Å²) in [6.45, 7) is 0. The topological polar surface area (TPSA) is 126 Å². The van der Waals surface area contributed by atoms with Crippen molar-refractivity contribution in [2.75, 3.05) is 10.6 Å². The Hall–Kier alpha value is -4.33. The minimum atomic E-state index is -5.07. The molecule has 0 unspecified atom stereocenters. The first-order valence-electron chi connectivity index (χ1n) is 9.23. The van der Waals surface area contributed by atoms with Gasteiger partial charge in [-0.2, -0.15) is 23.4 Å². The van der Waals surface area contributed by atoms with Crippen molar-refractivity contribution in [1.29, 1.82) is 5.41 Å². The van der Waals surface area contributed by atoms with Gasteiger partial charge in [-0.25, -0.2) is 14.4 Å². The Labute approximate surface area is 192 Å². The summed E-state index contributed by atoms with van der Waals surface area (Å²) in [4.78, 5) is 21.5. The highest BCUT2D eigenvalue weighted by atomic mass is 35.5. The number of pyridine rings is 2. The van der Waals surface area contributed by atoms with Gasteiger partial charge >= 0.3 is 6.18 Å². The smallest absolute Gasteiger partial charge is 0.337 e. The van der Waals surface area contributed by atoms with Crippen LogP contribution in [0.25, 0.3) is 11.5 Å². The minimum Gasteiger partial charge on any atom is -0.337 e. The molecule has 0 spiro atoms. The number of imidazole rings is 1. The number of hydrogen-bond donors (Lipinski definition) is 3. The lowest BCUT2D eigenvalue weighted by Gasteiger charge is -2.18. The first kappa shape index (κ1) is 22.8. The number of amides is 1. The predicted octanol–water partition coefficient (Wildman–Crippen LogP) is 3.62. The van der Waals surface area contributed by atoms with Crippen LogP contribution in [0.15, 0.2) is 60.5 Å². The third kappa shape index (κ3) is 4.43. The summed E-state index contributed by atoms with van der Waals surface area (Å²) >= 11 is 6.11. The van der Waals surface area contributed by atoms with Crippen molar-refractivity contribution in [3.63, 3.8) is 0 Å². The fraction of sp³-hybridized carbons (Fsp3) is 0.0526. The zero-order valence-electron chi connectivity index (χ0n) is 16.7. The second kappa shape index (κ2) is 8.90. The molecule has 4 heterocycles. The highest BCUT2D eigenvalue weighted by Crippen LogP contribution is 2.30. The van der Waals surface area contributed by atoms with E-state index in [0.717, 1.165) is 27.5 Å². The van der Waals surface area contributed by atoms with E-state index in [1.807, 2.05) is 0 Å². The van der Waals surface area contributed by atoms with Crippen molar-refractivity contribution in [2.45, 2.75) is 6.18 Å². The largest absolute Gasteiger partial charge is 0.432 e. The Bertz CT molecular complexity index is 1410. The standard InChI is InChI=1S/C19H12ClF4N9O/c20-12-7-10(9-27-16(12)33-28-3-4-29-33)30-18(34)11(8-25)15(19(22,23)24)31-14-2-1-13(21)17-26-5-6-32(14)17/h1-9,25,31H,(H,30,34)/b15-11+,25-8?. The molecular weight excluding hydrogens is 482 g/mol. The molecule has 3 N–H and O–H groups in total. The van der Waals surface area contributed by atoms with Gasteiger partial charge in [-0.15, -0.1) is 4.80 Å².